The summed E-state index contributed by atoms with van der Waals surface area (Å²) in [6.07, 6.45) is -4.89. The Balaban J connectivity index is 3.26. The number of methoxy groups -OCH3 is 1. The lowest BCUT2D eigenvalue weighted by atomic mass is 10.2. The zero-order valence-corrected chi connectivity index (χ0v) is 11.2. The molecule has 18 heavy (non-hydrogen) atoms. The Hall–Kier alpha value is -1.10. The van der Waals surface area contributed by atoms with Crippen LogP contribution in [0.1, 0.15) is 16.1 Å². The summed E-state index contributed by atoms with van der Waals surface area (Å²) >= 11 is 1.75. The minimum atomic E-state index is -4.89. The van der Waals surface area contributed by atoms with Gasteiger partial charge in [0.1, 0.15) is 0 Å². The van der Waals surface area contributed by atoms with Crippen LogP contribution in [0.4, 0.5) is 13.2 Å². The molecule has 1 aromatic heterocycles. The van der Waals surface area contributed by atoms with Crippen molar-refractivity contribution in [2.24, 2.45) is 5.73 Å². The molecule has 0 saturated heterocycles. The van der Waals surface area contributed by atoms with E-state index in [0.29, 0.717) is 9.13 Å². The molecule has 1 heterocycles. The van der Waals surface area contributed by atoms with E-state index in [2.05, 4.69) is 14.5 Å². The molecule has 0 aliphatic heterocycles. The Labute approximate surface area is 114 Å². The fraction of sp³-hybridized carbons (Fsp3) is 0.333. The predicted octanol–water partition coefficient (Wildman–Crippen LogP) is 1.83. The molecule has 100 valence electrons. The van der Waals surface area contributed by atoms with Gasteiger partial charge < -0.3 is 15.2 Å². The second kappa shape index (κ2) is 5.69. The third-order valence-corrected chi connectivity index (χ3v) is 3.03. The summed E-state index contributed by atoms with van der Waals surface area (Å²) in [7, 11) is 1.10. The largest absolute Gasteiger partial charge is 0.574 e. The van der Waals surface area contributed by atoms with Gasteiger partial charge in [0.2, 0.25) is 5.88 Å². The zero-order valence-electron chi connectivity index (χ0n) is 9.05. The maximum Gasteiger partial charge on any atom is 0.574 e. The van der Waals surface area contributed by atoms with Crippen LogP contribution >= 0.6 is 22.6 Å². The number of nitrogens with zero attached hydrogens (tertiary/aromatic N) is 1. The lowest BCUT2D eigenvalue weighted by Crippen LogP contribution is -2.20. The lowest BCUT2D eigenvalue weighted by molar-refractivity contribution is -0.276. The Morgan fingerprint density at radius 3 is 2.61 bits per heavy atom. The number of esters is 1. The molecule has 0 aliphatic rings. The molecule has 1 rings (SSSR count). The van der Waals surface area contributed by atoms with E-state index in [1.165, 1.54) is 0 Å². The van der Waals surface area contributed by atoms with Crippen LogP contribution in [0.15, 0.2) is 6.07 Å². The van der Waals surface area contributed by atoms with Crippen LogP contribution in [0.25, 0.3) is 0 Å². The van der Waals surface area contributed by atoms with E-state index in [0.717, 1.165) is 13.2 Å². The summed E-state index contributed by atoms with van der Waals surface area (Å²) < 4.78 is 44.6. The van der Waals surface area contributed by atoms with Crippen LogP contribution in [0.3, 0.4) is 0 Å². The topological polar surface area (TPSA) is 74.4 Å². The van der Waals surface area contributed by atoms with Crippen LogP contribution in [-0.4, -0.2) is 24.4 Å². The van der Waals surface area contributed by atoms with Crippen molar-refractivity contribution in [3.05, 3.63) is 20.9 Å². The smallest absolute Gasteiger partial charge is 0.464 e. The van der Waals surface area contributed by atoms with Gasteiger partial charge in [-0.1, -0.05) is 0 Å². The molecular weight excluding hydrogens is 368 g/mol. The fourth-order valence-electron chi connectivity index (χ4n) is 1.11. The molecule has 5 nitrogen and oxygen atoms in total. The molecule has 0 aromatic carbocycles. The van der Waals surface area contributed by atoms with Crippen molar-refractivity contribution in [3.63, 3.8) is 0 Å². The fourth-order valence-corrected chi connectivity index (χ4v) is 1.82. The van der Waals surface area contributed by atoms with Gasteiger partial charge in [-0.2, -0.15) is 0 Å². The van der Waals surface area contributed by atoms with Gasteiger partial charge in [-0.05, 0) is 28.2 Å². The maximum absolute atomic E-state index is 12.1. The summed E-state index contributed by atoms with van der Waals surface area (Å²) in [5.41, 5.74) is 5.42. The van der Waals surface area contributed by atoms with Crippen molar-refractivity contribution in [2.75, 3.05) is 7.11 Å². The monoisotopic (exact) mass is 376 g/mol. The number of carbonyl (C=O) groups excluding carboxylic acids is 1. The van der Waals surface area contributed by atoms with Gasteiger partial charge in [-0.3, -0.25) is 0 Å². The molecule has 0 amide bonds. The van der Waals surface area contributed by atoms with Crippen molar-refractivity contribution in [1.29, 1.82) is 0 Å². The van der Waals surface area contributed by atoms with Crippen molar-refractivity contribution in [1.82, 2.24) is 4.98 Å². The number of alkyl halides is 3. The van der Waals surface area contributed by atoms with Crippen molar-refractivity contribution < 1.29 is 27.4 Å². The molecular formula is C9H8F3IN2O3. The molecule has 0 fully saturated rings. The van der Waals surface area contributed by atoms with E-state index < -0.39 is 18.2 Å². The number of hydrogen-bond donors (Lipinski definition) is 1. The van der Waals surface area contributed by atoms with Crippen LogP contribution in [0, 0.1) is 3.57 Å². The molecule has 0 radical (unpaired) electrons. The van der Waals surface area contributed by atoms with Crippen LogP contribution in [0.5, 0.6) is 5.88 Å². The number of hydrogen-bond acceptors (Lipinski definition) is 5. The van der Waals surface area contributed by atoms with Gasteiger partial charge in [0, 0.05) is 12.6 Å². The predicted molar refractivity (Wildman–Crippen MR) is 62.9 cm³/mol. The highest BCUT2D eigenvalue weighted by molar-refractivity contribution is 14.1. The van der Waals surface area contributed by atoms with E-state index in [1.54, 1.807) is 22.6 Å². The van der Waals surface area contributed by atoms with Gasteiger partial charge >= 0.3 is 12.3 Å². The second-order valence-electron chi connectivity index (χ2n) is 3.03. The Bertz CT molecular complexity index is 465. The first-order chi connectivity index (χ1) is 8.28. The molecule has 0 atom stereocenters. The molecule has 2 N–H and O–H groups in total. The first kappa shape index (κ1) is 15.0. The molecule has 0 saturated carbocycles. The third-order valence-electron chi connectivity index (χ3n) is 1.83. The maximum atomic E-state index is 12.1. The molecule has 9 heteroatoms. The number of carbonyl (C=O) groups is 1. The van der Waals surface area contributed by atoms with Crippen LogP contribution in [0.2, 0.25) is 0 Å². The SMILES string of the molecule is COC(=O)c1nc(OC(F)(F)F)cc(CN)c1I. The average molecular weight is 376 g/mol. The van der Waals surface area contributed by atoms with Crippen molar-refractivity contribution >= 4 is 28.6 Å². The summed E-state index contributed by atoms with van der Waals surface area (Å²) in [5, 5.41) is 0. The minimum absolute atomic E-state index is 0.0565. The first-order valence-electron chi connectivity index (χ1n) is 4.52. The molecule has 0 spiro atoms. The standard InChI is InChI=1S/C9H8F3IN2O3/c1-17-8(16)7-6(13)4(3-14)2-5(15-7)18-9(10,11)12/h2H,3,14H2,1H3. The molecule has 0 unspecified atom stereocenters. The van der Waals surface area contributed by atoms with Crippen LogP contribution in [-0.2, 0) is 11.3 Å². The second-order valence-corrected chi connectivity index (χ2v) is 4.10. The average Bonchev–Trinajstić information content (AvgIpc) is 2.28. The van der Waals surface area contributed by atoms with Crippen LogP contribution < -0.4 is 10.5 Å². The quantitative estimate of drug-likeness (QED) is 0.644. The number of nitrogens with two attached hydrogens (primary N) is 1. The van der Waals surface area contributed by atoms with Gasteiger partial charge in [0.15, 0.2) is 5.69 Å². The van der Waals surface area contributed by atoms with E-state index in [4.69, 9.17) is 5.73 Å². The van der Waals surface area contributed by atoms with Gasteiger partial charge in [0.25, 0.3) is 0 Å². The highest BCUT2D eigenvalue weighted by Crippen LogP contribution is 2.26. The number of ether oxygens (including phenoxy) is 2. The number of rotatable bonds is 3. The van der Waals surface area contributed by atoms with E-state index in [9.17, 15) is 18.0 Å². The lowest BCUT2D eigenvalue weighted by Gasteiger charge is -2.12. The first-order valence-corrected chi connectivity index (χ1v) is 5.60. The van der Waals surface area contributed by atoms with Gasteiger partial charge in [-0.25, -0.2) is 9.78 Å². The van der Waals surface area contributed by atoms with E-state index in [1.807, 2.05) is 0 Å². The minimum Gasteiger partial charge on any atom is -0.464 e. The summed E-state index contributed by atoms with van der Waals surface area (Å²) in [4.78, 5) is 14.8. The van der Waals surface area contributed by atoms with Gasteiger partial charge in [0.05, 0.1) is 10.7 Å². The zero-order chi connectivity index (χ0) is 13.9. The number of aromatic nitrogens is 1. The normalized spacial score (nSPS) is 11.2. The van der Waals surface area contributed by atoms with Crippen molar-refractivity contribution in [3.8, 4) is 5.88 Å². The molecule has 1 aromatic rings. The third kappa shape index (κ3) is 3.70. The summed E-state index contributed by atoms with van der Waals surface area (Å²) in [6.45, 7) is -0.0565. The highest BCUT2D eigenvalue weighted by Gasteiger charge is 2.32. The molecule has 0 aliphatic carbocycles. The highest BCUT2D eigenvalue weighted by atomic mass is 127. The Kier molecular flexibility index (Phi) is 4.73. The Morgan fingerprint density at radius 2 is 2.17 bits per heavy atom. The summed E-state index contributed by atoms with van der Waals surface area (Å²) in [5.74, 6) is -1.61. The molecule has 0 bridgehead atoms. The number of halogens is 4. The van der Waals surface area contributed by atoms with Crippen molar-refractivity contribution in [2.45, 2.75) is 12.9 Å². The Morgan fingerprint density at radius 1 is 1.56 bits per heavy atom. The van der Waals surface area contributed by atoms with E-state index >= 15 is 0 Å². The summed E-state index contributed by atoms with van der Waals surface area (Å²) in [6, 6.07) is 1.03. The van der Waals surface area contributed by atoms with Gasteiger partial charge in [-0.15, -0.1) is 13.2 Å². The van der Waals surface area contributed by atoms with E-state index in [-0.39, 0.29) is 12.2 Å². The number of pyridine rings is 1.